The van der Waals surface area contributed by atoms with Crippen molar-refractivity contribution in [1.82, 2.24) is 0 Å². The maximum absolute atomic E-state index is 5.54. The van der Waals surface area contributed by atoms with Gasteiger partial charge in [-0.05, 0) is 33.7 Å². The van der Waals surface area contributed by atoms with Gasteiger partial charge in [0.2, 0.25) is 0 Å². The summed E-state index contributed by atoms with van der Waals surface area (Å²) in [6, 6.07) is 23.8. The molecule has 0 unspecified atom stereocenters. The van der Waals surface area contributed by atoms with Crippen molar-refractivity contribution in [2.45, 2.75) is 0 Å². The predicted octanol–water partition coefficient (Wildman–Crippen LogP) is 4.17. The van der Waals surface area contributed by atoms with Gasteiger partial charge in [0.05, 0.1) is 0 Å². The largest absolute Gasteiger partial charge is 0.411 e. The lowest BCUT2D eigenvalue weighted by Gasteiger charge is -2.16. The molecule has 0 fully saturated rings. The summed E-state index contributed by atoms with van der Waals surface area (Å²) in [5.74, 6) is 12.2. The highest BCUT2D eigenvalue weighted by Crippen LogP contribution is 2.44. The van der Waals surface area contributed by atoms with Crippen molar-refractivity contribution in [2.75, 3.05) is 0 Å². The summed E-state index contributed by atoms with van der Waals surface area (Å²) < 4.78 is 0. The highest BCUT2D eigenvalue weighted by molar-refractivity contribution is 6.09. The minimum absolute atomic E-state index is 0.573. The van der Waals surface area contributed by atoms with Crippen LogP contribution in [0.3, 0.4) is 0 Å². The Kier molecular flexibility index (Phi) is 3.54. The van der Waals surface area contributed by atoms with Crippen molar-refractivity contribution in [1.29, 1.82) is 0 Å². The van der Waals surface area contributed by atoms with E-state index >= 15 is 0 Å². The van der Waals surface area contributed by atoms with Crippen LogP contribution in [0.1, 0.15) is 0 Å². The van der Waals surface area contributed by atoms with Crippen molar-refractivity contribution in [3.8, 4) is 22.6 Å². The van der Waals surface area contributed by atoms with E-state index in [2.05, 4.69) is 0 Å². The zero-order valence-corrected chi connectivity index (χ0v) is 12.9. The van der Waals surface area contributed by atoms with Crippen molar-refractivity contribution in [3.05, 3.63) is 72.8 Å². The van der Waals surface area contributed by atoms with Gasteiger partial charge in [-0.3, -0.25) is 0 Å². The smallest absolute Gasteiger partial charge is 0.155 e. The summed E-state index contributed by atoms with van der Waals surface area (Å²) in [7, 11) is 0. The molecule has 4 rings (SSSR count). The van der Waals surface area contributed by atoms with Crippen LogP contribution in [-0.2, 0) is 0 Å². The van der Waals surface area contributed by atoms with E-state index in [1.54, 1.807) is 0 Å². The topological polar surface area (TPSA) is 70.5 Å². The highest BCUT2D eigenvalue weighted by Gasteiger charge is 2.18. The zero-order valence-electron chi connectivity index (χ0n) is 12.9. The molecule has 0 amide bonds. The quantitative estimate of drug-likeness (QED) is 0.557. The molecule has 4 heteroatoms. The molecule has 0 bridgehead atoms. The van der Waals surface area contributed by atoms with Gasteiger partial charge in [-0.15, -0.1) is 0 Å². The van der Waals surface area contributed by atoms with Gasteiger partial charge in [-0.1, -0.05) is 60.7 Å². The zero-order chi connectivity index (χ0) is 16.5. The molecule has 4 N–H and O–H groups in total. The standard InChI is InChI=1S/C20H16N2O2/c21-23-17-11-9-13-5-1-3-7-15(13)19(17)20-16-8-4-2-6-14(16)10-12-18(20)24-22/h1-12H,21-22H2. The molecule has 0 heterocycles. The fourth-order valence-corrected chi connectivity index (χ4v) is 3.22. The monoisotopic (exact) mass is 316 g/mol. The van der Waals surface area contributed by atoms with Gasteiger partial charge in [0, 0.05) is 11.1 Å². The van der Waals surface area contributed by atoms with E-state index in [1.807, 2.05) is 72.8 Å². The molecule has 4 aromatic carbocycles. The van der Waals surface area contributed by atoms with Crippen LogP contribution in [0.25, 0.3) is 32.7 Å². The van der Waals surface area contributed by atoms with Crippen molar-refractivity contribution in [2.24, 2.45) is 11.8 Å². The Hall–Kier alpha value is -3.08. The Labute approximate surface area is 139 Å². The van der Waals surface area contributed by atoms with Gasteiger partial charge in [-0.25, -0.2) is 0 Å². The van der Waals surface area contributed by atoms with Crippen LogP contribution >= 0.6 is 0 Å². The Balaban J connectivity index is 2.21. The molecule has 4 nitrogen and oxygen atoms in total. The number of hydrogen-bond acceptors (Lipinski definition) is 4. The fourth-order valence-electron chi connectivity index (χ4n) is 3.22. The Morgan fingerprint density at radius 3 is 1.33 bits per heavy atom. The Bertz CT molecular complexity index is 959. The average molecular weight is 316 g/mol. The molecule has 0 radical (unpaired) electrons. The predicted molar refractivity (Wildman–Crippen MR) is 96.5 cm³/mol. The first kappa shape index (κ1) is 14.5. The molecule has 0 aliphatic heterocycles. The minimum Gasteiger partial charge on any atom is -0.411 e. The maximum Gasteiger partial charge on any atom is 0.155 e. The second kappa shape index (κ2) is 5.85. The number of fused-ring (bicyclic) bond motifs is 2. The lowest BCUT2D eigenvalue weighted by Crippen LogP contribution is -2.06. The second-order valence-corrected chi connectivity index (χ2v) is 5.56. The Morgan fingerprint density at radius 1 is 0.500 bits per heavy atom. The number of hydrogen-bond donors (Lipinski definition) is 2. The minimum atomic E-state index is 0.573. The molecule has 0 aliphatic carbocycles. The van der Waals surface area contributed by atoms with Gasteiger partial charge in [0.15, 0.2) is 11.5 Å². The van der Waals surface area contributed by atoms with Gasteiger partial charge in [0.1, 0.15) is 0 Å². The lowest BCUT2D eigenvalue weighted by atomic mass is 9.92. The first-order chi connectivity index (χ1) is 11.8. The summed E-state index contributed by atoms with van der Waals surface area (Å²) in [5, 5.41) is 4.22. The number of rotatable bonds is 3. The van der Waals surface area contributed by atoms with Crippen LogP contribution in [-0.4, -0.2) is 0 Å². The third-order valence-electron chi connectivity index (χ3n) is 4.29. The summed E-state index contributed by atoms with van der Waals surface area (Å²) >= 11 is 0. The van der Waals surface area contributed by atoms with Gasteiger partial charge in [-0.2, -0.15) is 11.8 Å². The van der Waals surface area contributed by atoms with E-state index in [0.717, 1.165) is 32.7 Å². The molecule has 4 aromatic rings. The lowest BCUT2D eigenvalue weighted by molar-refractivity contribution is 0.331. The summed E-state index contributed by atoms with van der Waals surface area (Å²) in [6.07, 6.45) is 0. The third-order valence-corrected chi connectivity index (χ3v) is 4.29. The van der Waals surface area contributed by atoms with Crippen LogP contribution in [0.2, 0.25) is 0 Å². The molecule has 0 saturated heterocycles. The fraction of sp³-hybridized carbons (Fsp3) is 0. The molecular formula is C20H16N2O2. The molecule has 0 aliphatic rings. The molecule has 0 atom stereocenters. The molecule has 0 saturated carbocycles. The van der Waals surface area contributed by atoms with Crippen LogP contribution < -0.4 is 21.5 Å². The number of benzene rings is 4. The molecular weight excluding hydrogens is 300 g/mol. The molecule has 24 heavy (non-hydrogen) atoms. The Morgan fingerprint density at radius 2 is 0.917 bits per heavy atom. The van der Waals surface area contributed by atoms with E-state index in [9.17, 15) is 0 Å². The summed E-state index contributed by atoms with van der Waals surface area (Å²) in [6.45, 7) is 0. The summed E-state index contributed by atoms with van der Waals surface area (Å²) in [5.41, 5.74) is 1.74. The van der Waals surface area contributed by atoms with E-state index < -0.39 is 0 Å². The van der Waals surface area contributed by atoms with Crippen LogP contribution in [0, 0.1) is 0 Å². The van der Waals surface area contributed by atoms with Crippen LogP contribution in [0.5, 0.6) is 11.5 Å². The molecule has 0 spiro atoms. The van der Waals surface area contributed by atoms with E-state index in [1.165, 1.54) is 0 Å². The van der Waals surface area contributed by atoms with E-state index in [-0.39, 0.29) is 0 Å². The first-order valence-electron chi connectivity index (χ1n) is 7.61. The van der Waals surface area contributed by atoms with Crippen molar-refractivity contribution in [3.63, 3.8) is 0 Å². The summed E-state index contributed by atoms with van der Waals surface area (Å²) in [4.78, 5) is 10.3. The molecule has 118 valence electrons. The van der Waals surface area contributed by atoms with Crippen LogP contribution in [0.15, 0.2) is 72.8 Å². The van der Waals surface area contributed by atoms with Crippen molar-refractivity contribution < 1.29 is 9.68 Å². The normalized spacial score (nSPS) is 10.9. The van der Waals surface area contributed by atoms with E-state index in [0.29, 0.717) is 11.5 Å². The highest BCUT2D eigenvalue weighted by atomic mass is 16.6. The second-order valence-electron chi connectivity index (χ2n) is 5.56. The average Bonchev–Trinajstić information content (AvgIpc) is 2.66. The number of nitrogens with two attached hydrogens (primary N) is 2. The maximum atomic E-state index is 5.54. The van der Waals surface area contributed by atoms with Gasteiger partial charge < -0.3 is 9.68 Å². The van der Waals surface area contributed by atoms with Gasteiger partial charge >= 0.3 is 0 Å². The first-order valence-corrected chi connectivity index (χ1v) is 7.61. The third kappa shape index (κ3) is 2.17. The SMILES string of the molecule is NOc1ccc2ccccc2c1-c1c(ON)ccc2ccccc12. The van der Waals surface area contributed by atoms with Gasteiger partial charge in [0.25, 0.3) is 0 Å². The van der Waals surface area contributed by atoms with E-state index in [4.69, 9.17) is 21.5 Å². The van der Waals surface area contributed by atoms with Crippen LogP contribution in [0.4, 0.5) is 0 Å². The molecule has 0 aromatic heterocycles. The van der Waals surface area contributed by atoms with Crippen molar-refractivity contribution >= 4 is 21.5 Å².